The number of amides is 1. The van der Waals surface area contributed by atoms with Crippen molar-refractivity contribution in [3.8, 4) is 17.0 Å². The molecule has 2 aliphatic heterocycles. The highest BCUT2D eigenvalue weighted by Gasteiger charge is 2.33. The van der Waals surface area contributed by atoms with E-state index in [0.717, 1.165) is 47.5 Å². The number of carbonyl (C=O) groups is 1. The second kappa shape index (κ2) is 6.58. The van der Waals surface area contributed by atoms with Crippen molar-refractivity contribution in [3.05, 3.63) is 71.4 Å². The van der Waals surface area contributed by atoms with Gasteiger partial charge in [0.2, 0.25) is 0 Å². The first-order valence-electron chi connectivity index (χ1n) is 9.44. The lowest BCUT2D eigenvalue weighted by Crippen LogP contribution is -2.45. The van der Waals surface area contributed by atoms with Gasteiger partial charge in [0.05, 0.1) is 5.69 Å². The van der Waals surface area contributed by atoms with Crippen LogP contribution in [-0.2, 0) is 24.2 Å². The maximum absolute atomic E-state index is 13.1. The van der Waals surface area contributed by atoms with E-state index in [-0.39, 0.29) is 5.91 Å². The highest BCUT2D eigenvalue weighted by atomic mass is 16.5. The van der Waals surface area contributed by atoms with Gasteiger partial charge in [-0.2, -0.15) is 5.10 Å². The standard InChI is InChI=1S/C22H21N3O2/c26-22(20-11-10-15-6-4-5-9-19(15)27-20)25-13-12-18-17(14-25)21(24-23-18)16-7-2-1-3-8-16/h1-9,20H,10-14H2,(H,23,24)/t20-/m0/s1. The van der Waals surface area contributed by atoms with Gasteiger partial charge in [0.1, 0.15) is 5.75 Å². The van der Waals surface area contributed by atoms with Crippen LogP contribution < -0.4 is 4.74 Å². The van der Waals surface area contributed by atoms with Crippen molar-refractivity contribution in [1.82, 2.24) is 15.1 Å². The fourth-order valence-corrected chi connectivity index (χ4v) is 4.02. The van der Waals surface area contributed by atoms with Gasteiger partial charge in [-0.3, -0.25) is 9.89 Å². The summed E-state index contributed by atoms with van der Waals surface area (Å²) in [4.78, 5) is 15.0. The summed E-state index contributed by atoms with van der Waals surface area (Å²) in [5.74, 6) is 0.920. The fourth-order valence-electron chi connectivity index (χ4n) is 4.02. The van der Waals surface area contributed by atoms with Gasteiger partial charge in [0.25, 0.3) is 5.91 Å². The summed E-state index contributed by atoms with van der Waals surface area (Å²) in [6, 6.07) is 18.1. The smallest absolute Gasteiger partial charge is 0.263 e. The molecule has 3 heterocycles. The fraction of sp³-hybridized carbons (Fsp3) is 0.273. The normalized spacial score (nSPS) is 18.4. The van der Waals surface area contributed by atoms with Crippen molar-refractivity contribution < 1.29 is 9.53 Å². The van der Waals surface area contributed by atoms with Crippen molar-refractivity contribution in [1.29, 1.82) is 0 Å². The molecule has 0 spiro atoms. The average Bonchev–Trinajstić information content (AvgIpc) is 3.17. The molecule has 0 unspecified atom stereocenters. The average molecular weight is 359 g/mol. The molecule has 1 N–H and O–H groups in total. The van der Waals surface area contributed by atoms with Crippen LogP contribution >= 0.6 is 0 Å². The molecular formula is C22H21N3O2. The molecule has 136 valence electrons. The topological polar surface area (TPSA) is 58.2 Å². The summed E-state index contributed by atoms with van der Waals surface area (Å²) in [5, 5.41) is 7.67. The predicted molar refractivity (Wildman–Crippen MR) is 102 cm³/mol. The third kappa shape index (κ3) is 2.89. The van der Waals surface area contributed by atoms with Crippen LogP contribution in [0.5, 0.6) is 5.75 Å². The maximum atomic E-state index is 13.1. The van der Waals surface area contributed by atoms with E-state index in [1.165, 1.54) is 5.56 Å². The Labute approximate surface area is 158 Å². The van der Waals surface area contributed by atoms with E-state index >= 15 is 0 Å². The van der Waals surface area contributed by atoms with Crippen LogP contribution in [0, 0.1) is 0 Å². The van der Waals surface area contributed by atoms with Gasteiger partial charge in [-0.05, 0) is 24.5 Å². The molecule has 5 nitrogen and oxygen atoms in total. The van der Waals surface area contributed by atoms with Crippen LogP contribution in [-0.4, -0.2) is 33.7 Å². The molecule has 0 aliphatic carbocycles. The summed E-state index contributed by atoms with van der Waals surface area (Å²) in [6.45, 7) is 1.28. The molecular weight excluding hydrogens is 338 g/mol. The molecule has 2 aliphatic rings. The molecule has 0 fully saturated rings. The molecule has 27 heavy (non-hydrogen) atoms. The number of H-pyrrole nitrogens is 1. The zero-order valence-corrected chi connectivity index (χ0v) is 15.0. The quantitative estimate of drug-likeness (QED) is 0.763. The summed E-state index contributed by atoms with van der Waals surface area (Å²) in [7, 11) is 0. The first-order valence-corrected chi connectivity index (χ1v) is 9.44. The molecule has 1 atom stereocenters. The number of benzene rings is 2. The Kier molecular flexibility index (Phi) is 3.93. The van der Waals surface area contributed by atoms with Crippen LogP contribution in [0.4, 0.5) is 0 Å². The lowest BCUT2D eigenvalue weighted by molar-refractivity contribution is -0.140. The third-order valence-electron chi connectivity index (χ3n) is 5.49. The van der Waals surface area contributed by atoms with Crippen molar-refractivity contribution in [2.24, 2.45) is 0 Å². The van der Waals surface area contributed by atoms with Gasteiger partial charge < -0.3 is 9.64 Å². The van der Waals surface area contributed by atoms with E-state index in [2.05, 4.69) is 28.4 Å². The van der Waals surface area contributed by atoms with Crippen molar-refractivity contribution >= 4 is 5.91 Å². The number of hydrogen-bond acceptors (Lipinski definition) is 3. The van der Waals surface area contributed by atoms with Crippen LogP contribution in [0.2, 0.25) is 0 Å². The zero-order chi connectivity index (χ0) is 18.2. The minimum Gasteiger partial charge on any atom is -0.480 e. The van der Waals surface area contributed by atoms with Gasteiger partial charge >= 0.3 is 0 Å². The number of fused-ring (bicyclic) bond motifs is 2. The highest BCUT2D eigenvalue weighted by Crippen LogP contribution is 2.31. The number of aromatic nitrogens is 2. The number of aromatic amines is 1. The molecule has 5 rings (SSSR count). The Morgan fingerprint density at radius 2 is 1.89 bits per heavy atom. The van der Waals surface area contributed by atoms with E-state index in [4.69, 9.17) is 4.74 Å². The van der Waals surface area contributed by atoms with Gasteiger partial charge in [-0.25, -0.2) is 0 Å². The number of hydrogen-bond donors (Lipinski definition) is 1. The number of carbonyl (C=O) groups excluding carboxylic acids is 1. The molecule has 1 aromatic heterocycles. The summed E-state index contributed by atoms with van der Waals surface area (Å²) in [6.07, 6.45) is 2.01. The predicted octanol–water partition coefficient (Wildman–Crippen LogP) is 3.36. The monoisotopic (exact) mass is 359 g/mol. The molecule has 2 aromatic carbocycles. The van der Waals surface area contributed by atoms with Crippen molar-refractivity contribution in [2.75, 3.05) is 6.54 Å². The minimum absolute atomic E-state index is 0.0790. The van der Waals surface area contributed by atoms with Crippen LogP contribution in [0.1, 0.15) is 23.2 Å². The van der Waals surface area contributed by atoms with E-state index < -0.39 is 6.10 Å². The Morgan fingerprint density at radius 3 is 2.78 bits per heavy atom. The number of ether oxygens (including phenoxy) is 1. The Morgan fingerprint density at radius 1 is 1.07 bits per heavy atom. The van der Waals surface area contributed by atoms with Gasteiger partial charge in [0.15, 0.2) is 6.10 Å². The number of nitrogens with one attached hydrogen (secondary N) is 1. The van der Waals surface area contributed by atoms with E-state index in [0.29, 0.717) is 13.1 Å². The lowest BCUT2D eigenvalue weighted by atomic mass is 9.98. The molecule has 0 radical (unpaired) electrons. The number of rotatable bonds is 2. The molecule has 5 heteroatoms. The SMILES string of the molecule is O=C([C@@H]1CCc2ccccc2O1)N1CCc2[nH]nc(-c3ccccc3)c2C1. The Balaban J connectivity index is 1.37. The summed E-state index contributed by atoms with van der Waals surface area (Å²) >= 11 is 0. The highest BCUT2D eigenvalue weighted by molar-refractivity contribution is 5.82. The largest absolute Gasteiger partial charge is 0.480 e. The van der Waals surface area contributed by atoms with Crippen LogP contribution in [0.25, 0.3) is 11.3 Å². The Hall–Kier alpha value is -3.08. The Bertz CT molecular complexity index is 980. The molecule has 0 saturated carbocycles. The molecule has 1 amide bonds. The van der Waals surface area contributed by atoms with Crippen LogP contribution in [0.15, 0.2) is 54.6 Å². The first-order chi connectivity index (χ1) is 13.3. The first kappa shape index (κ1) is 16.1. The van der Waals surface area contributed by atoms with Crippen molar-refractivity contribution in [3.63, 3.8) is 0 Å². The minimum atomic E-state index is -0.395. The maximum Gasteiger partial charge on any atom is 0.263 e. The van der Waals surface area contributed by atoms with Gasteiger partial charge in [0, 0.05) is 36.3 Å². The molecule has 0 bridgehead atoms. The summed E-state index contributed by atoms with van der Waals surface area (Å²) < 4.78 is 6.02. The molecule has 0 saturated heterocycles. The summed E-state index contributed by atoms with van der Waals surface area (Å²) in [5.41, 5.74) is 5.46. The second-order valence-electron chi connectivity index (χ2n) is 7.16. The third-order valence-corrected chi connectivity index (χ3v) is 5.49. The molecule has 3 aromatic rings. The number of nitrogens with zero attached hydrogens (tertiary/aromatic N) is 2. The van der Waals surface area contributed by atoms with Gasteiger partial charge in [-0.1, -0.05) is 48.5 Å². The second-order valence-corrected chi connectivity index (χ2v) is 7.16. The van der Waals surface area contributed by atoms with Crippen molar-refractivity contribution in [2.45, 2.75) is 31.9 Å². The van der Waals surface area contributed by atoms with E-state index in [9.17, 15) is 4.79 Å². The van der Waals surface area contributed by atoms with E-state index in [1.54, 1.807) is 0 Å². The number of aryl methyl sites for hydroxylation is 1. The number of para-hydroxylation sites is 1. The van der Waals surface area contributed by atoms with E-state index in [1.807, 2.05) is 41.3 Å². The van der Waals surface area contributed by atoms with Gasteiger partial charge in [-0.15, -0.1) is 0 Å². The lowest BCUT2D eigenvalue weighted by Gasteiger charge is -2.33. The zero-order valence-electron chi connectivity index (χ0n) is 15.0. The van der Waals surface area contributed by atoms with Crippen LogP contribution in [0.3, 0.4) is 0 Å².